The van der Waals surface area contributed by atoms with Crippen LogP contribution in [0.5, 0.6) is 5.75 Å². The van der Waals surface area contributed by atoms with Crippen molar-refractivity contribution in [2.24, 2.45) is 0 Å². The molecule has 116 valence electrons. The molecule has 1 heterocycles. The van der Waals surface area contributed by atoms with Gasteiger partial charge in [-0.25, -0.2) is 9.97 Å². The van der Waals surface area contributed by atoms with Crippen LogP contribution in [-0.2, 0) is 0 Å². The predicted octanol–water partition coefficient (Wildman–Crippen LogP) is 5.19. The Morgan fingerprint density at radius 2 is 1.39 bits per heavy atom. The van der Waals surface area contributed by atoms with Gasteiger partial charge in [0.05, 0.1) is 18.5 Å². The third-order valence-corrected chi connectivity index (χ3v) is 4.21. The summed E-state index contributed by atoms with van der Waals surface area (Å²) in [5.74, 6) is 0.825. The maximum absolute atomic E-state index is 5.96. The Hall–Kier alpha value is -2.04. The van der Waals surface area contributed by atoms with Crippen molar-refractivity contribution in [3.8, 4) is 28.3 Å². The molecule has 0 aliphatic heterocycles. The molecule has 0 amide bonds. The minimum Gasteiger partial charge on any atom is -0.497 e. The molecule has 0 spiro atoms. The van der Waals surface area contributed by atoms with E-state index in [4.69, 9.17) is 16.3 Å². The molecular formula is C18H15ClN2OS. The summed E-state index contributed by atoms with van der Waals surface area (Å²) in [5.41, 5.74) is 3.81. The standard InChI is InChI=1S/C18H15ClN2OS/c1-22-15-9-5-13(6-10-15)17-11-16(20-18(21-17)23-2)12-3-7-14(19)8-4-12/h3-11H,1-2H3. The number of benzene rings is 2. The Labute approximate surface area is 144 Å². The fourth-order valence-electron chi connectivity index (χ4n) is 2.19. The highest BCUT2D eigenvalue weighted by Crippen LogP contribution is 2.28. The van der Waals surface area contributed by atoms with Gasteiger partial charge >= 0.3 is 0 Å². The molecule has 0 radical (unpaired) electrons. The average molecular weight is 343 g/mol. The molecule has 3 nitrogen and oxygen atoms in total. The van der Waals surface area contributed by atoms with E-state index in [9.17, 15) is 0 Å². The third-order valence-electron chi connectivity index (χ3n) is 3.41. The summed E-state index contributed by atoms with van der Waals surface area (Å²) in [5, 5.41) is 1.45. The molecule has 0 fully saturated rings. The molecule has 1 aromatic heterocycles. The van der Waals surface area contributed by atoms with E-state index < -0.39 is 0 Å². The highest BCUT2D eigenvalue weighted by atomic mass is 35.5. The number of hydrogen-bond acceptors (Lipinski definition) is 4. The Kier molecular flexibility index (Phi) is 4.84. The second-order valence-electron chi connectivity index (χ2n) is 4.86. The quantitative estimate of drug-likeness (QED) is 0.482. The van der Waals surface area contributed by atoms with Crippen molar-refractivity contribution in [3.05, 3.63) is 59.6 Å². The van der Waals surface area contributed by atoms with Crippen LogP contribution < -0.4 is 4.74 Å². The number of ether oxygens (including phenoxy) is 1. The van der Waals surface area contributed by atoms with Crippen molar-refractivity contribution in [1.82, 2.24) is 9.97 Å². The topological polar surface area (TPSA) is 35.0 Å². The summed E-state index contributed by atoms with van der Waals surface area (Å²) >= 11 is 7.49. The van der Waals surface area contributed by atoms with Crippen LogP contribution in [0.2, 0.25) is 5.02 Å². The van der Waals surface area contributed by atoms with Gasteiger partial charge in [-0.05, 0) is 48.7 Å². The highest BCUT2D eigenvalue weighted by molar-refractivity contribution is 7.98. The molecule has 0 aliphatic carbocycles. The van der Waals surface area contributed by atoms with Crippen LogP contribution >= 0.6 is 23.4 Å². The maximum Gasteiger partial charge on any atom is 0.188 e. The first-order valence-corrected chi connectivity index (χ1v) is 8.63. The van der Waals surface area contributed by atoms with Gasteiger partial charge in [0.25, 0.3) is 0 Å². The van der Waals surface area contributed by atoms with Crippen molar-refractivity contribution in [2.75, 3.05) is 13.4 Å². The zero-order chi connectivity index (χ0) is 16.2. The molecule has 0 saturated heterocycles. The summed E-state index contributed by atoms with van der Waals surface area (Å²) < 4.78 is 5.20. The van der Waals surface area contributed by atoms with Crippen LogP contribution in [-0.4, -0.2) is 23.3 Å². The Morgan fingerprint density at radius 3 is 1.87 bits per heavy atom. The molecule has 0 bridgehead atoms. The SMILES string of the molecule is COc1ccc(-c2cc(-c3ccc(Cl)cc3)nc(SC)n2)cc1. The predicted molar refractivity (Wildman–Crippen MR) is 96.2 cm³/mol. The summed E-state index contributed by atoms with van der Waals surface area (Å²) in [6.45, 7) is 0. The highest BCUT2D eigenvalue weighted by Gasteiger charge is 2.08. The number of nitrogens with zero attached hydrogens (tertiary/aromatic N) is 2. The molecule has 3 rings (SSSR count). The first-order valence-electron chi connectivity index (χ1n) is 7.03. The Morgan fingerprint density at radius 1 is 0.870 bits per heavy atom. The van der Waals surface area contributed by atoms with E-state index >= 15 is 0 Å². The lowest BCUT2D eigenvalue weighted by Crippen LogP contribution is -1.94. The van der Waals surface area contributed by atoms with E-state index in [1.54, 1.807) is 7.11 Å². The van der Waals surface area contributed by atoms with Gasteiger partial charge in [-0.15, -0.1) is 0 Å². The largest absolute Gasteiger partial charge is 0.497 e. The lowest BCUT2D eigenvalue weighted by Gasteiger charge is -2.08. The molecule has 0 saturated carbocycles. The van der Waals surface area contributed by atoms with Gasteiger partial charge in [0.15, 0.2) is 5.16 Å². The Balaban J connectivity index is 2.06. The number of hydrogen-bond donors (Lipinski definition) is 0. The first-order chi connectivity index (χ1) is 11.2. The molecule has 0 aliphatic rings. The number of halogens is 1. The van der Waals surface area contributed by atoms with Crippen molar-refractivity contribution >= 4 is 23.4 Å². The second-order valence-corrected chi connectivity index (χ2v) is 6.07. The average Bonchev–Trinajstić information content (AvgIpc) is 2.62. The summed E-state index contributed by atoms with van der Waals surface area (Å²) in [4.78, 5) is 9.20. The molecular weight excluding hydrogens is 328 g/mol. The summed E-state index contributed by atoms with van der Waals surface area (Å²) in [6, 6.07) is 17.5. The van der Waals surface area contributed by atoms with Crippen LogP contribution in [0.3, 0.4) is 0 Å². The van der Waals surface area contributed by atoms with E-state index in [-0.39, 0.29) is 0 Å². The number of thioether (sulfide) groups is 1. The summed E-state index contributed by atoms with van der Waals surface area (Å²) in [6.07, 6.45) is 1.97. The molecule has 5 heteroatoms. The third kappa shape index (κ3) is 3.66. The number of methoxy groups -OCH3 is 1. The van der Waals surface area contributed by atoms with Crippen LogP contribution in [0.1, 0.15) is 0 Å². The minimum absolute atomic E-state index is 0.711. The van der Waals surface area contributed by atoms with Crippen molar-refractivity contribution in [1.29, 1.82) is 0 Å². The van der Waals surface area contributed by atoms with E-state index in [1.807, 2.05) is 60.9 Å². The maximum atomic E-state index is 5.96. The van der Waals surface area contributed by atoms with Gasteiger partial charge in [0, 0.05) is 16.1 Å². The van der Waals surface area contributed by atoms with Crippen molar-refractivity contribution in [3.63, 3.8) is 0 Å². The van der Waals surface area contributed by atoms with Crippen molar-refractivity contribution in [2.45, 2.75) is 5.16 Å². The summed E-state index contributed by atoms with van der Waals surface area (Å²) in [7, 11) is 1.66. The number of aromatic nitrogens is 2. The van der Waals surface area contributed by atoms with Crippen LogP contribution in [0.4, 0.5) is 0 Å². The lowest BCUT2D eigenvalue weighted by molar-refractivity contribution is 0.415. The van der Waals surface area contributed by atoms with Gasteiger partial charge in [-0.2, -0.15) is 0 Å². The zero-order valence-corrected chi connectivity index (χ0v) is 14.4. The fourth-order valence-corrected chi connectivity index (χ4v) is 2.70. The molecule has 3 aromatic rings. The van der Waals surface area contributed by atoms with E-state index in [2.05, 4.69) is 9.97 Å². The smallest absolute Gasteiger partial charge is 0.188 e. The lowest BCUT2D eigenvalue weighted by atomic mass is 10.1. The minimum atomic E-state index is 0.711. The number of rotatable bonds is 4. The van der Waals surface area contributed by atoms with E-state index in [0.29, 0.717) is 5.02 Å². The van der Waals surface area contributed by atoms with Gasteiger partial charge in [-0.1, -0.05) is 35.5 Å². The molecule has 0 unspecified atom stereocenters. The van der Waals surface area contributed by atoms with E-state index in [0.717, 1.165) is 33.4 Å². The zero-order valence-electron chi connectivity index (χ0n) is 12.8. The van der Waals surface area contributed by atoms with Crippen molar-refractivity contribution < 1.29 is 4.74 Å². The monoisotopic (exact) mass is 342 g/mol. The first kappa shape index (κ1) is 15.8. The van der Waals surface area contributed by atoms with Crippen LogP contribution in [0.25, 0.3) is 22.5 Å². The molecule has 0 N–H and O–H groups in total. The molecule has 2 aromatic carbocycles. The van der Waals surface area contributed by atoms with Crippen LogP contribution in [0.15, 0.2) is 59.8 Å². The van der Waals surface area contributed by atoms with E-state index in [1.165, 1.54) is 11.8 Å². The van der Waals surface area contributed by atoms with Crippen LogP contribution in [0, 0.1) is 0 Å². The fraction of sp³-hybridized carbons (Fsp3) is 0.111. The normalized spacial score (nSPS) is 10.6. The van der Waals surface area contributed by atoms with Gasteiger partial charge in [-0.3, -0.25) is 0 Å². The van der Waals surface area contributed by atoms with Gasteiger partial charge < -0.3 is 4.74 Å². The molecule has 23 heavy (non-hydrogen) atoms. The molecule has 0 atom stereocenters. The van der Waals surface area contributed by atoms with Gasteiger partial charge in [0.2, 0.25) is 0 Å². The Bertz CT molecular complexity index is 804. The van der Waals surface area contributed by atoms with Gasteiger partial charge in [0.1, 0.15) is 5.75 Å². The second kappa shape index (κ2) is 7.02.